The Morgan fingerprint density at radius 1 is 1.12 bits per heavy atom. The second-order valence-electron chi connectivity index (χ2n) is 5.57. The third-order valence-corrected chi connectivity index (χ3v) is 5.17. The molecule has 0 aliphatic heterocycles. The van der Waals surface area contributed by atoms with Crippen LogP contribution in [0.1, 0.15) is 17.0 Å². The van der Waals surface area contributed by atoms with Crippen molar-refractivity contribution in [1.82, 2.24) is 14.9 Å². The van der Waals surface area contributed by atoms with Gasteiger partial charge >= 0.3 is 0 Å². The van der Waals surface area contributed by atoms with E-state index in [1.165, 1.54) is 12.1 Å². The van der Waals surface area contributed by atoms with Gasteiger partial charge in [0.25, 0.3) is 5.89 Å². The zero-order valence-corrected chi connectivity index (χ0v) is 14.5. The standard InChI is InChI=1S/C17H16FN3O3S/c1-11-7-8-15(12(2)9-11)25(22,23)19-10-16-20-21-17(24-16)13-5-3-4-6-14(13)18/h3-9,19H,10H2,1-2H3. The van der Waals surface area contributed by atoms with Crippen LogP contribution in [-0.2, 0) is 16.6 Å². The van der Waals surface area contributed by atoms with E-state index in [1.807, 2.05) is 6.92 Å². The Labute approximate surface area is 144 Å². The molecule has 0 atom stereocenters. The third kappa shape index (κ3) is 3.75. The summed E-state index contributed by atoms with van der Waals surface area (Å²) in [6.07, 6.45) is 0. The molecule has 0 bridgehead atoms. The molecule has 6 nitrogen and oxygen atoms in total. The molecule has 1 heterocycles. The molecule has 3 aromatic rings. The molecule has 0 unspecified atom stereocenters. The second-order valence-corrected chi connectivity index (χ2v) is 7.31. The summed E-state index contributed by atoms with van der Waals surface area (Å²) in [6.45, 7) is 3.43. The fraction of sp³-hybridized carbons (Fsp3) is 0.176. The molecule has 0 amide bonds. The molecule has 0 spiro atoms. The lowest BCUT2D eigenvalue weighted by atomic mass is 10.2. The van der Waals surface area contributed by atoms with Crippen LogP contribution in [0.25, 0.3) is 11.5 Å². The van der Waals surface area contributed by atoms with Crippen molar-refractivity contribution in [3.63, 3.8) is 0 Å². The lowest BCUT2D eigenvalue weighted by molar-refractivity contribution is 0.490. The summed E-state index contributed by atoms with van der Waals surface area (Å²) >= 11 is 0. The Hall–Kier alpha value is -2.58. The van der Waals surface area contributed by atoms with Gasteiger partial charge in [-0.3, -0.25) is 0 Å². The van der Waals surface area contributed by atoms with Gasteiger partial charge < -0.3 is 4.42 Å². The number of benzene rings is 2. The Balaban J connectivity index is 1.77. The molecular weight excluding hydrogens is 345 g/mol. The number of sulfonamides is 1. The fourth-order valence-electron chi connectivity index (χ4n) is 2.40. The van der Waals surface area contributed by atoms with Crippen LogP contribution in [-0.4, -0.2) is 18.6 Å². The van der Waals surface area contributed by atoms with E-state index in [2.05, 4.69) is 14.9 Å². The largest absolute Gasteiger partial charge is 0.419 e. The Morgan fingerprint density at radius 3 is 2.60 bits per heavy atom. The number of hydrogen-bond donors (Lipinski definition) is 1. The molecule has 0 fully saturated rings. The summed E-state index contributed by atoms with van der Waals surface area (Å²) in [5.74, 6) is -0.445. The molecule has 1 aromatic heterocycles. The van der Waals surface area contributed by atoms with E-state index in [9.17, 15) is 12.8 Å². The van der Waals surface area contributed by atoms with Crippen molar-refractivity contribution in [1.29, 1.82) is 0 Å². The van der Waals surface area contributed by atoms with E-state index in [0.717, 1.165) is 5.56 Å². The van der Waals surface area contributed by atoms with Crippen LogP contribution in [0.3, 0.4) is 0 Å². The van der Waals surface area contributed by atoms with E-state index in [-0.39, 0.29) is 28.8 Å². The average Bonchev–Trinajstić information content (AvgIpc) is 3.02. The number of aromatic nitrogens is 2. The predicted molar refractivity (Wildman–Crippen MR) is 89.6 cm³/mol. The maximum atomic E-state index is 13.7. The highest BCUT2D eigenvalue weighted by molar-refractivity contribution is 7.89. The minimum atomic E-state index is -3.72. The molecule has 1 N–H and O–H groups in total. The molecule has 0 radical (unpaired) electrons. The third-order valence-electron chi connectivity index (χ3n) is 3.60. The van der Waals surface area contributed by atoms with E-state index >= 15 is 0 Å². The zero-order chi connectivity index (χ0) is 18.0. The first-order chi connectivity index (χ1) is 11.9. The minimum absolute atomic E-state index is 0.00110. The van der Waals surface area contributed by atoms with Crippen molar-refractivity contribution < 1.29 is 17.2 Å². The SMILES string of the molecule is Cc1ccc(S(=O)(=O)NCc2nnc(-c3ccccc3F)o2)c(C)c1. The van der Waals surface area contributed by atoms with Crippen LogP contribution in [0, 0.1) is 19.7 Å². The molecule has 0 aliphatic carbocycles. The maximum Gasteiger partial charge on any atom is 0.250 e. The summed E-state index contributed by atoms with van der Waals surface area (Å²) in [5, 5.41) is 7.52. The van der Waals surface area contributed by atoms with Gasteiger partial charge in [0.05, 0.1) is 17.0 Å². The number of rotatable bonds is 5. The van der Waals surface area contributed by atoms with Gasteiger partial charge in [0.1, 0.15) is 5.82 Å². The van der Waals surface area contributed by atoms with Crippen molar-refractivity contribution in [2.45, 2.75) is 25.3 Å². The van der Waals surface area contributed by atoms with Gasteiger partial charge in [0.2, 0.25) is 15.9 Å². The summed E-state index contributed by atoms with van der Waals surface area (Å²) in [7, 11) is -3.72. The van der Waals surface area contributed by atoms with E-state index in [4.69, 9.17) is 4.42 Å². The smallest absolute Gasteiger partial charge is 0.250 e. The predicted octanol–water partition coefficient (Wildman–Crippen LogP) is 2.97. The van der Waals surface area contributed by atoms with E-state index in [1.54, 1.807) is 37.3 Å². The lowest BCUT2D eigenvalue weighted by Crippen LogP contribution is -2.24. The number of halogens is 1. The normalized spacial score (nSPS) is 11.6. The molecule has 0 aliphatic rings. The number of hydrogen-bond acceptors (Lipinski definition) is 5. The van der Waals surface area contributed by atoms with Gasteiger partial charge in [-0.15, -0.1) is 10.2 Å². The number of nitrogens with zero attached hydrogens (tertiary/aromatic N) is 2. The highest BCUT2D eigenvalue weighted by Gasteiger charge is 2.19. The summed E-state index contributed by atoms with van der Waals surface area (Å²) in [4.78, 5) is 0.187. The van der Waals surface area contributed by atoms with Crippen molar-refractivity contribution in [2.24, 2.45) is 0 Å². The molecule has 3 rings (SSSR count). The zero-order valence-electron chi connectivity index (χ0n) is 13.7. The summed E-state index contributed by atoms with van der Waals surface area (Å²) < 4.78 is 46.3. The molecule has 25 heavy (non-hydrogen) atoms. The molecule has 130 valence electrons. The Bertz CT molecular complexity index is 1020. The van der Waals surface area contributed by atoms with Gasteiger partial charge in [-0.25, -0.2) is 17.5 Å². The second kappa shape index (κ2) is 6.73. The fourth-order valence-corrected chi connectivity index (χ4v) is 3.60. The van der Waals surface area contributed by atoms with Gasteiger partial charge in [-0.05, 0) is 37.6 Å². The highest BCUT2D eigenvalue weighted by atomic mass is 32.2. The van der Waals surface area contributed by atoms with Crippen LogP contribution in [0.15, 0.2) is 51.8 Å². The molecule has 0 saturated heterocycles. The van der Waals surface area contributed by atoms with Gasteiger partial charge in [0, 0.05) is 0 Å². The topological polar surface area (TPSA) is 85.1 Å². The van der Waals surface area contributed by atoms with Crippen molar-refractivity contribution in [3.8, 4) is 11.5 Å². The lowest BCUT2D eigenvalue weighted by Gasteiger charge is -2.08. The van der Waals surface area contributed by atoms with Crippen LogP contribution >= 0.6 is 0 Å². The van der Waals surface area contributed by atoms with E-state index in [0.29, 0.717) is 5.56 Å². The van der Waals surface area contributed by atoms with E-state index < -0.39 is 15.8 Å². The van der Waals surface area contributed by atoms with Crippen LogP contribution < -0.4 is 4.72 Å². The minimum Gasteiger partial charge on any atom is -0.419 e. The number of aryl methyl sites for hydroxylation is 2. The van der Waals surface area contributed by atoms with Gasteiger partial charge in [-0.1, -0.05) is 29.8 Å². The monoisotopic (exact) mass is 361 g/mol. The highest BCUT2D eigenvalue weighted by Crippen LogP contribution is 2.21. The molecule has 8 heteroatoms. The summed E-state index contributed by atoms with van der Waals surface area (Å²) in [6, 6.07) is 11.0. The quantitative estimate of drug-likeness (QED) is 0.755. The molecule has 0 saturated carbocycles. The first-order valence-corrected chi connectivity index (χ1v) is 8.99. The van der Waals surface area contributed by atoms with Crippen molar-refractivity contribution in [3.05, 3.63) is 65.3 Å². The first-order valence-electron chi connectivity index (χ1n) is 7.51. The first kappa shape index (κ1) is 17.2. The van der Waals surface area contributed by atoms with Gasteiger partial charge in [-0.2, -0.15) is 0 Å². The Kier molecular flexibility index (Phi) is 4.65. The van der Waals surface area contributed by atoms with Crippen molar-refractivity contribution in [2.75, 3.05) is 0 Å². The van der Waals surface area contributed by atoms with Crippen LogP contribution in [0.4, 0.5) is 4.39 Å². The van der Waals surface area contributed by atoms with Crippen LogP contribution in [0.5, 0.6) is 0 Å². The molecule has 2 aromatic carbocycles. The van der Waals surface area contributed by atoms with Crippen molar-refractivity contribution >= 4 is 10.0 Å². The van der Waals surface area contributed by atoms with Crippen LogP contribution in [0.2, 0.25) is 0 Å². The van der Waals surface area contributed by atoms with Gasteiger partial charge in [0.15, 0.2) is 0 Å². The maximum absolute atomic E-state index is 13.7. The summed E-state index contributed by atoms with van der Waals surface area (Å²) in [5.41, 5.74) is 1.78. The average molecular weight is 361 g/mol. The number of nitrogens with one attached hydrogen (secondary N) is 1. The molecular formula is C17H16FN3O3S. The Morgan fingerprint density at radius 2 is 1.88 bits per heavy atom.